The van der Waals surface area contributed by atoms with Gasteiger partial charge in [-0.2, -0.15) is 0 Å². The van der Waals surface area contributed by atoms with Crippen LogP contribution in [-0.4, -0.2) is 21.8 Å². The second kappa shape index (κ2) is 6.25. The predicted molar refractivity (Wildman–Crippen MR) is 82.7 cm³/mol. The van der Waals surface area contributed by atoms with Crippen molar-refractivity contribution >= 4 is 22.9 Å². The van der Waals surface area contributed by atoms with E-state index >= 15 is 0 Å². The van der Waals surface area contributed by atoms with Crippen LogP contribution in [0.15, 0.2) is 42.5 Å². The average Bonchev–Trinajstić information content (AvgIpc) is 2.41. The maximum Gasteiger partial charge on any atom is 0.142 e. The van der Waals surface area contributed by atoms with Gasteiger partial charge in [-0.1, -0.05) is 24.4 Å². The van der Waals surface area contributed by atoms with Crippen molar-refractivity contribution in [2.45, 2.75) is 6.92 Å². The number of phenols is 2. The van der Waals surface area contributed by atoms with Crippen LogP contribution in [-0.2, 0) is 0 Å². The van der Waals surface area contributed by atoms with Gasteiger partial charge in [0.2, 0.25) is 0 Å². The smallest absolute Gasteiger partial charge is 0.142 e. The standard InChI is InChI=1S/C15H15NO3S/c1-2-19-14-6-4-3-5-12(14)16-15(20)11-8-7-10(17)9-13(11)18/h3-9,17-18H,2H2,1H3,(H,16,20). The van der Waals surface area contributed by atoms with Crippen molar-refractivity contribution in [3.63, 3.8) is 0 Å². The molecule has 0 amide bonds. The van der Waals surface area contributed by atoms with Crippen LogP contribution in [0.4, 0.5) is 5.69 Å². The van der Waals surface area contributed by atoms with Crippen molar-refractivity contribution in [1.82, 2.24) is 0 Å². The number of thiocarbonyl (C=S) groups is 1. The Hall–Kier alpha value is -2.27. The molecule has 3 N–H and O–H groups in total. The minimum atomic E-state index is -0.0728. The van der Waals surface area contributed by atoms with Crippen LogP contribution in [0.2, 0.25) is 0 Å². The zero-order valence-corrected chi connectivity index (χ0v) is 11.8. The molecule has 0 spiro atoms. The Labute approximate surface area is 122 Å². The summed E-state index contributed by atoms with van der Waals surface area (Å²) in [5.74, 6) is 0.607. The van der Waals surface area contributed by atoms with Gasteiger partial charge in [0.15, 0.2) is 0 Å². The zero-order chi connectivity index (χ0) is 14.5. The Bertz CT molecular complexity index is 628. The van der Waals surface area contributed by atoms with Crippen LogP contribution in [0.3, 0.4) is 0 Å². The molecular formula is C15H15NO3S. The molecule has 104 valence electrons. The molecule has 2 aromatic carbocycles. The first-order chi connectivity index (χ1) is 9.61. The number of anilines is 1. The van der Waals surface area contributed by atoms with E-state index < -0.39 is 0 Å². The van der Waals surface area contributed by atoms with Gasteiger partial charge in [-0.15, -0.1) is 0 Å². The third-order valence-corrected chi connectivity index (χ3v) is 2.98. The molecule has 0 saturated carbocycles. The lowest BCUT2D eigenvalue weighted by Gasteiger charge is -2.13. The molecule has 5 heteroatoms. The fraction of sp³-hybridized carbons (Fsp3) is 0.133. The van der Waals surface area contributed by atoms with Crippen molar-refractivity contribution in [2.24, 2.45) is 0 Å². The molecule has 0 aliphatic rings. The maximum absolute atomic E-state index is 9.79. The Morgan fingerprint density at radius 1 is 1.20 bits per heavy atom. The highest BCUT2D eigenvalue weighted by atomic mass is 32.1. The van der Waals surface area contributed by atoms with Gasteiger partial charge in [0, 0.05) is 6.07 Å². The van der Waals surface area contributed by atoms with Gasteiger partial charge in [-0.05, 0) is 31.2 Å². The quantitative estimate of drug-likeness (QED) is 0.754. The molecule has 0 atom stereocenters. The fourth-order valence-corrected chi connectivity index (χ4v) is 2.04. The van der Waals surface area contributed by atoms with E-state index in [2.05, 4.69) is 5.32 Å². The first kappa shape index (κ1) is 14.1. The second-order valence-electron chi connectivity index (χ2n) is 4.08. The fourth-order valence-electron chi connectivity index (χ4n) is 1.75. The molecule has 0 heterocycles. The van der Waals surface area contributed by atoms with Gasteiger partial charge in [-0.25, -0.2) is 0 Å². The largest absolute Gasteiger partial charge is 0.508 e. The maximum atomic E-state index is 9.79. The molecule has 20 heavy (non-hydrogen) atoms. The average molecular weight is 289 g/mol. The Kier molecular flexibility index (Phi) is 4.42. The van der Waals surface area contributed by atoms with Crippen molar-refractivity contribution in [1.29, 1.82) is 0 Å². The van der Waals surface area contributed by atoms with Gasteiger partial charge in [0.25, 0.3) is 0 Å². The summed E-state index contributed by atoms with van der Waals surface area (Å²) >= 11 is 5.27. The first-order valence-corrected chi connectivity index (χ1v) is 6.57. The van der Waals surface area contributed by atoms with E-state index in [1.165, 1.54) is 12.1 Å². The number of benzene rings is 2. The number of rotatable bonds is 4. The molecule has 0 saturated heterocycles. The predicted octanol–water partition coefficient (Wildman–Crippen LogP) is 3.28. The minimum absolute atomic E-state index is 0.0104. The summed E-state index contributed by atoms with van der Waals surface area (Å²) in [5, 5.41) is 22.1. The van der Waals surface area contributed by atoms with Crippen molar-refractivity contribution in [2.75, 3.05) is 11.9 Å². The van der Waals surface area contributed by atoms with Crippen LogP contribution in [0, 0.1) is 0 Å². The zero-order valence-electron chi connectivity index (χ0n) is 11.0. The topological polar surface area (TPSA) is 61.7 Å². The highest BCUT2D eigenvalue weighted by Crippen LogP contribution is 2.27. The molecule has 0 fully saturated rings. The number of aromatic hydroxyl groups is 2. The number of ether oxygens (including phenoxy) is 1. The summed E-state index contributed by atoms with van der Waals surface area (Å²) in [6, 6.07) is 11.7. The lowest BCUT2D eigenvalue weighted by Crippen LogP contribution is -2.11. The molecule has 0 aromatic heterocycles. The third-order valence-electron chi connectivity index (χ3n) is 2.66. The summed E-state index contributed by atoms with van der Waals surface area (Å²) in [5.41, 5.74) is 1.18. The van der Waals surface area contributed by atoms with Gasteiger partial charge in [-0.3, -0.25) is 0 Å². The van der Waals surface area contributed by atoms with E-state index in [4.69, 9.17) is 17.0 Å². The van der Waals surface area contributed by atoms with E-state index in [9.17, 15) is 10.2 Å². The van der Waals surface area contributed by atoms with Crippen LogP contribution < -0.4 is 10.1 Å². The summed E-state index contributed by atoms with van der Waals surface area (Å²) < 4.78 is 5.50. The van der Waals surface area contributed by atoms with Gasteiger partial charge in [0.05, 0.1) is 17.9 Å². The van der Waals surface area contributed by atoms with E-state index in [1.54, 1.807) is 6.07 Å². The van der Waals surface area contributed by atoms with Crippen molar-refractivity contribution in [3.8, 4) is 17.2 Å². The van der Waals surface area contributed by atoms with Gasteiger partial charge >= 0.3 is 0 Å². The lowest BCUT2D eigenvalue weighted by atomic mass is 10.2. The molecule has 2 rings (SSSR count). The van der Waals surface area contributed by atoms with E-state index in [0.717, 1.165) is 5.69 Å². The normalized spacial score (nSPS) is 10.1. The van der Waals surface area contributed by atoms with Crippen molar-refractivity contribution < 1.29 is 14.9 Å². The molecule has 0 aliphatic heterocycles. The molecule has 4 nitrogen and oxygen atoms in total. The van der Waals surface area contributed by atoms with Crippen LogP contribution >= 0.6 is 12.2 Å². The van der Waals surface area contributed by atoms with Gasteiger partial charge in [0.1, 0.15) is 22.2 Å². The monoisotopic (exact) mass is 289 g/mol. The Morgan fingerprint density at radius 2 is 1.95 bits per heavy atom. The molecule has 0 aliphatic carbocycles. The first-order valence-electron chi connectivity index (χ1n) is 6.17. The summed E-state index contributed by atoms with van der Waals surface area (Å²) in [4.78, 5) is 0.356. The summed E-state index contributed by atoms with van der Waals surface area (Å²) in [6.07, 6.45) is 0. The van der Waals surface area contributed by atoms with E-state index in [1.807, 2.05) is 31.2 Å². The van der Waals surface area contributed by atoms with Crippen LogP contribution in [0.1, 0.15) is 12.5 Å². The Morgan fingerprint density at radius 3 is 2.65 bits per heavy atom. The second-order valence-corrected chi connectivity index (χ2v) is 4.49. The number of hydrogen-bond donors (Lipinski definition) is 3. The van der Waals surface area contributed by atoms with Crippen LogP contribution in [0.25, 0.3) is 0 Å². The number of hydrogen-bond acceptors (Lipinski definition) is 4. The molecule has 2 aromatic rings. The highest BCUT2D eigenvalue weighted by molar-refractivity contribution is 7.81. The molecule has 0 radical (unpaired) electrons. The van der Waals surface area contributed by atoms with E-state index in [0.29, 0.717) is 22.9 Å². The van der Waals surface area contributed by atoms with E-state index in [-0.39, 0.29) is 11.5 Å². The highest BCUT2D eigenvalue weighted by Gasteiger charge is 2.10. The number of nitrogens with one attached hydrogen (secondary N) is 1. The summed E-state index contributed by atoms with van der Waals surface area (Å²) in [7, 11) is 0. The SMILES string of the molecule is CCOc1ccccc1NC(=S)c1ccc(O)cc1O. The third kappa shape index (κ3) is 3.19. The molecule has 0 bridgehead atoms. The van der Waals surface area contributed by atoms with Crippen LogP contribution in [0.5, 0.6) is 17.2 Å². The summed E-state index contributed by atoms with van der Waals surface area (Å²) in [6.45, 7) is 2.46. The number of para-hydroxylation sites is 2. The number of phenolic OH excluding ortho intramolecular Hbond substituents is 2. The lowest BCUT2D eigenvalue weighted by molar-refractivity contribution is 0.342. The molecule has 0 unspecified atom stereocenters. The molecular weight excluding hydrogens is 274 g/mol. The van der Waals surface area contributed by atoms with Crippen molar-refractivity contribution in [3.05, 3.63) is 48.0 Å². The minimum Gasteiger partial charge on any atom is -0.508 e. The Balaban J connectivity index is 2.23. The van der Waals surface area contributed by atoms with Gasteiger partial charge < -0.3 is 20.3 Å².